The molecule has 0 aromatic heterocycles. The van der Waals surface area contributed by atoms with Crippen LogP contribution in [-0.2, 0) is 0 Å². The molecule has 2 aromatic carbocycles. The van der Waals surface area contributed by atoms with Gasteiger partial charge in [0, 0.05) is 16.7 Å². The molecule has 2 amide bonds. The van der Waals surface area contributed by atoms with Crippen molar-refractivity contribution < 1.29 is 19.2 Å². The lowest BCUT2D eigenvalue weighted by Gasteiger charge is -2.09. The van der Waals surface area contributed by atoms with Crippen molar-refractivity contribution in [2.45, 2.75) is 6.92 Å². The molecule has 0 unspecified atom stereocenters. The highest BCUT2D eigenvalue weighted by Gasteiger charge is 2.21. The predicted molar refractivity (Wildman–Crippen MR) is 90.6 cm³/mol. The molecule has 130 valence electrons. The Morgan fingerprint density at radius 1 is 1.12 bits per heavy atom. The zero-order valence-electron chi connectivity index (χ0n) is 13.1. The Morgan fingerprint density at radius 2 is 1.76 bits per heavy atom. The van der Waals surface area contributed by atoms with Gasteiger partial charge in [0.05, 0.1) is 11.5 Å². The standard InChI is InChI=1S/C16H14ClN3O5/c1-2-25-12-6-3-10(4-7-12)15(21)18-19-16(22)13-9-11(17)5-8-14(13)20(23)24/h3-9H,2H2,1H3,(H,18,21)(H,19,22). The Balaban J connectivity index is 2.05. The third kappa shape index (κ3) is 4.67. The van der Waals surface area contributed by atoms with Gasteiger partial charge in [0.25, 0.3) is 17.5 Å². The van der Waals surface area contributed by atoms with Crippen LogP contribution in [0.15, 0.2) is 42.5 Å². The topological polar surface area (TPSA) is 111 Å². The van der Waals surface area contributed by atoms with Crippen LogP contribution in [0.2, 0.25) is 5.02 Å². The fourth-order valence-electron chi connectivity index (χ4n) is 1.97. The van der Waals surface area contributed by atoms with Crippen molar-refractivity contribution in [3.63, 3.8) is 0 Å². The smallest absolute Gasteiger partial charge is 0.282 e. The molecule has 2 rings (SSSR count). The fraction of sp³-hybridized carbons (Fsp3) is 0.125. The summed E-state index contributed by atoms with van der Waals surface area (Å²) in [6, 6.07) is 9.84. The average Bonchev–Trinajstić information content (AvgIpc) is 2.60. The molecule has 2 N–H and O–H groups in total. The van der Waals surface area contributed by atoms with Gasteiger partial charge >= 0.3 is 0 Å². The highest BCUT2D eigenvalue weighted by Crippen LogP contribution is 2.22. The van der Waals surface area contributed by atoms with E-state index in [1.807, 2.05) is 6.92 Å². The molecule has 2 aromatic rings. The van der Waals surface area contributed by atoms with Crippen molar-refractivity contribution in [3.05, 3.63) is 68.7 Å². The minimum absolute atomic E-state index is 0.161. The van der Waals surface area contributed by atoms with Crippen LogP contribution in [-0.4, -0.2) is 23.3 Å². The lowest BCUT2D eigenvalue weighted by atomic mass is 10.1. The van der Waals surface area contributed by atoms with Crippen molar-refractivity contribution >= 4 is 29.1 Å². The second kappa shape index (κ2) is 8.11. The van der Waals surface area contributed by atoms with Crippen molar-refractivity contribution in [1.29, 1.82) is 0 Å². The second-order valence-corrected chi connectivity index (χ2v) is 5.22. The summed E-state index contributed by atoms with van der Waals surface area (Å²) in [7, 11) is 0. The number of nitrogens with one attached hydrogen (secondary N) is 2. The Hall–Kier alpha value is -3.13. The lowest BCUT2D eigenvalue weighted by Crippen LogP contribution is -2.41. The summed E-state index contributed by atoms with van der Waals surface area (Å²) < 4.78 is 5.27. The van der Waals surface area contributed by atoms with E-state index in [2.05, 4.69) is 10.9 Å². The van der Waals surface area contributed by atoms with E-state index in [4.69, 9.17) is 16.3 Å². The molecule has 0 aliphatic heterocycles. The normalized spacial score (nSPS) is 10.0. The first-order valence-corrected chi connectivity index (χ1v) is 7.57. The summed E-state index contributed by atoms with van der Waals surface area (Å²) in [5.41, 5.74) is 3.92. The van der Waals surface area contributed by atoms with Gasteiger partial charge in [-0.2, -0.15) is 0 Å². The minimum Gasteiger partial charge on any atom is -0.494 e. The van der Waals surface area contributed by atoms with Crippen molar-refractivity contribution in [3.8, 4) is 5.75 Å². The van der Waals surface area contributed by atoms with Gasteiger partial charge in [-0.3, -0.25) is 30.6 Å². The van der Waals surface area contributed by atoms with E-state index in [-0.39, 0.29) is 16.1 Å². The van der Waals surface area contributed by atoms with Gasteiger partial charge in [-0.15, -0.1) is 0 Å². The quantitative estimate of drug-likeness (QED) is 0.626. The zero-order valence-corrected chi connectivity index (χ0v) is 13.9. The van der Waals surface area contributed by atoms with E-state index < -0.39 is 22.4 Å². The lowest BCUT2D eigenvalue weighted by molar-refractivity contribution is -0.385. The number of nitro groups is 1. The molecule has 8 nitrogen and oxygen atoms in total. The third-order valence-corrected chi connectivity index (χ3v) is 3.35. The molecule has 0 heterocycles. The van der Waals surface area contributed by atoms with Crippen molar-refractivity contribution in [2.75, 3.05) is 6.61 Å². The highest BCUT2D eigenvalue weighted by atomic mass is 35.5. The molecule has 25 heavy (non-hydrogen) atoms. The largest absolute Gasteiger partial charge is 0.494 e. The molecule has 0 aliphatic carbocycles. The van der Waals surface area contributed by atoms with Crippen LogP contribution in [0.25, 0.3) is 0 Å². The van der Waals surface area contributed by atoms with Gasteiger partial charge < -0.3 is 4.74 Å². The van der Waals surface area contributed by atoms with Crippen LogP contribution in [0.4, 0.5) is 5.69 Å². The minimum atomic E-state index is -0.853. The van der Waals surface area contributed by atoms with E-state index in [1.54, 1.807) is 12.1 Å². The highest BCUT2D eigenvalue weighted by molar-refractivity contribution is 6.31. The number of carbonyl (C=O) groups excluding carboxylic acids is 2. The maximum Gasteiger partial charge on any atom is 0.282 e. The van der Waals surface area contributed by atoms with E-state index in [1.165, 1.54) is 18.2 Å². The van der Waals surface area contributed by atoms with E-state index in [0.717, 1.165) is 12.1 Å². The molecular formula is C16H14ClN3O5. The molecular weight excluding hydrogens is 350 g/mol. The molecule has 0 spiro atoms. The van der Waals surface area contributed by atoms with E-state index >= 15 is 0 Å². The monoisotopic (exact) mass is 363 g/mol. The molecule has 0 fully saturated rings. The molecule has 9 heteroatoms. The number of halogens is 1. The van der Waals surface area contributed by atoms with Crippen LogP contribution in [0.3, 0.4) is 0 Å². The molecule has 0 bridgehead atoms. The molecule has 0 radical (unpaired) electrons. The summed E-state index contributed by atoms with van der Waals surface area (Å²) in [6.07, 6.45) is 0. The Morgan fingerprint density at radius 3 is 2.36 bits per heavy atom. The van der Waals surface area contributed by atoms with Gasteiger partial charge in [-0.25, -0.2) is 0 Å². The van der Waals surface area contributed by atoms with Crippen LogP contribution in [0.5, 0.6) is 5.75 Å². The summed E-state index contributed by atoms with van der Waals surface area (Å²) in [4.78, 5) is 34.4. The second-order valence-electron chi connectivity index (χ2n) is 4.78. The van der Waals surface area contributed by atoms with Crippen molar-refractivity contribution in [1.82, 2.24) is 10.9 Å². The number of hydrogen-bond acceptors (Lipinski definition) is 5. The maximum absolute atomic E-state index is 12.1. The zero-order chi connectivity index (χ0) is 18.4. The molecule has 0 atom stereocenters. The molecule has 0 saturated carbocycles. The Kier molecular flexibility index (Phi) is 5.91. The predicted octanol–water partition coefficient (Wildman–Crippen LogP) is 2.72. The van der Waals surface area contributed by atoms with E-state index in [9.17, 15) is 19.7 Å². The number of hydrogen-bond donors (Lipinski definition) is 2. The van der Waals surface area contributed by atoms with Gasteiger partial charge in [-0.1, -0.05) is 11.6 Å². The number of hydrazine groups is 1. The van der Waals surface area contributed by atoms with Gasteiger partial charge in [0.1, 0.15) is 11.3 Å². The number of nitrogens with zero attached hydrogens (tertiary/aromatic N) is 1. The summed E-state index contributed by atoms with van der Waals surface area (Å²) in [5.74, 6) is -0.827. The summed E-state index contributed by atoms with van der Waals surface area (Å²) in [6.45, 7) is 2.34. The number of rotatable bonds is 5. The molecule has 0 saturated heterocycles. The third-order valence-electron chi connectivity index (χ3n) is 3.12. The first-order valence-electron chi connectivity index (χ1n) is 7.20. The number of carbonyl (C=O) groups is 2. The van der Waals surface area contributed by atoms with Crippen LogP contribution >= 0.6 is 11.6 Å². The number of nitro benzene ring substituents is 1. The van der Waals surface area contributed by atoms with Gasteiger partial charge in [-0.05, 0) is 43.3 Å². The fourth-order valence-corrected chi connectivity index (χ4v) is 2.14. The van der Waals surface area contributed by atoms with Crippen LogP contribution < -0.4 is 15.6 Å². The van der Waals surface area contributed by atoms with Crippen molar-refractivity contribution in [2.24, 2.45) is 0 Å². The Labute approximate surface area is 147 Å². The van der Waals surface area contributed by atoms with Gasteiger partial charge in [0.2, 0.25) is 0 Å². The van der Waals surface area contributed by atoms with E-state index in [0.29, 0.717) is 12.4 Å². The summed E-state index contributed by atoms with van der Waals surface area (Å²) >= 11 is 5.76. The van der Waals surface area contributed by atoms with Crippen LogP contribution in [0, 0.1) is 10.1 Å². The van der Waals surface area contributed by atoms with Gasteiger partial charge in [0.15, 0.2) is 0 Å². The van der Waals surface area contributed by atoms with Crippen LogP contribution in [0.1, 0.15) is 27.6 Å². The number of benzene rings is 2. The maximum atomic E-state index is 12.1. The molecule has 0 aliphatic rings. The number of amides is 2. The average molecular weight is 364 g/mol. The first kappa shape index (κ1) is 18.2. The Bertz CT molecular complexity index is 808. The first-order chi connectivity index (χ1) is 11.9. The summed E-state index contributed by atoms with van der Waals surface area (Å²) in [5, 5.41) is 11.1. The number of ether oxygens (including phenoxy) is 1. The SMILES string of the molecule is CCOc1ccc(C(=O)NNC(=O)c2cc(Cl)ccc2[N+](=O)[O-])cc1.